The van der Waals surface area contributed by atoms with E-state index in [-0.39, 0.29) is 11.8 Å². The maximum atomic E-state index is 13.6. The van der Waals surface area contributed by atoms with E-state index < -0.39 is 0 Å². The minimum absolute atomic E-state index is 0.0652. The van der Waals surface area contributed by atoms with E-state index in [9.17, 15) is 4.79 Å². The van der Waals surface area contributed by atoms with Gasteiger partial charge in [0.25, 0.3) is 0 Å². The lowest BCUT2D eigenvalue weighted by atomic mass is 10.1. The average molecular weight is 598 g/mol. The molecule has 1 fully saturated rings. The van der Waals surface area contributed by atoms with Gasteiger partial charge in [-0.05, 0) is 104 Å². The Labute approximate surface area is 265 Å². The van der Waals surface area contributed by atoms with Crippen molar-refractivity contribution in [1.29, 1.82) is 0 Å². The van der Waals surface area contributed by atoms with Crippen LogP contribution in [-0.4, -0.2) is 10.9 Å². The molecule has 4 aromatic rings. The fourth-order valence-electron chi connectivity index (χ4n) is 5.11. The van der Waals surface area contributed by atoms with Crippen LogP contribution < -0.4 is 10.0 Å². The van der Waals surface area contributed by atoms with Crippen LogP contribution in [0.25, 0.3) is 0 Å². The van der Waals surface area contributed by atoms with Crippen LogP contribution in [-0.2, 0) is 24.2 Å². The fraction of sp³-hybridized carbons (Fsp3) is 0.368. The number of fused-ring (bicyclic) bond motifs is 1. The molecule has 3 aromatic carbocycles. The maximum Gasteiger partial charge on any atom is 0.231 e. The Kier molecular flexibility index (Phi) is 16.4. The Balaban J connectivity index is 0.000000390. The molecular weight excluding hydrogens is 547 g/mol. The summed E-state index contributed by atoms with van der Waals surface area (Å²) in [7, 11) is 0. The normalized spacial score (nSPS) is 15.3. The fourth-order valence-corrected chi connectivity index (χ4v) is 5.42. The predicted octanol–water partition coefficient (Wildman–Crippen LogP) is 9.95. The molecule has 4 nitrogen and oxygen atoms in total. The second kappa shape index (κ2) is 19.7. The van der Waals surface area contributed by atoms with E-state index in [1.807, 2.05) is 108 Å². The number of benzene rings is 3. The molecule has 0 radical (unpaired) electrons. The van der Waals surface area contributed by atoms with E-state index in [0.29, 0.717) is 12.5 Å². The summed E-state index contributed by atoms with van der Waals surface area (Å²) in [5.74, 6) is 0.627. The van der Waals surface area contributed by atoms with Gasteiger partial charge in [-0.15, -0.1) is 0 Å². The third kappa shape index (κ3) is 10.7. The highest BCUT2D eigenvalue weighted by Gasteiger charge is 2.46. The minimum Gasteiger partial charge on any atom is -0.306 e. The molecule has 2 aliphatic carbocycles. The van der Waals surface area contributed by atoms with Gasteiger partial charge in [-0.2, -0.15) is 0 Å². The van der Waals surface area contributed by atoms with Crippen molar-refractivity contribution in [3.8, 4) is 0 Å². The van der Waals surface area contributed by atoms with Crippen molar-refractivity contribution in [2.75, 3.05) is 4.90 Å². The van der Waals surface area contributed by atoms with E-state index in [2.05, 4.69) is 47.4 Å². The van der Waals surface area contributed by atoms with Crippen LogP contribution >= 0.6 is 11.9 Å². The highest BCUT2D eigenvalue weighted by atomic mass is 32.2. The van der Waals surface area contributed by atoms with Crippen molar-refractivity contribution >= 4 is 23.5 Å². The molecule has 1 heterocycles. The molecule has 2 atom stereocenters. The standard InChI is InChI=1S/C26H26N2O.C6H7NS.3C2H6/c1-18-7-5-12-22(27-18)17-28(23-14-13-19-10-6-11-21(19)15-23)26(29)25-16-24(25)20-8-3-2-4-9-20;7-8-6-4-2-1-3-5-6;3*1-2/h2-5,7-9,12-15,24-25H,6,10-11,16-17H2,1H3;1-5H,7H2;3*1-2H3/t24-,25+;;;;/m1..../s1. The molecule has 43 heavy (non-hydrogen) atoms. The Morgan fingerprint density at radius 2 is 1.44 bits per heavy atom. The molecule has 1 saturated carbocycles. The molecule has 0 bridgehead atoms. The Morgan fingerprint density at radius 1 is 0.814 bits per heavy atom. The van der Waals surface area contributed by atoms with Crippen LogP contribution in [0.5, 0.6) is 0 Å². The molecule has 0 aliphatic heterocycles. The predicted molar refractivity (Wildman–Crippen MR) is 186 cm³/mol. The minimum atomic E-state index is 0.0652. The van der Waals surface area contributed by atoms with E-state index in [0.717, 1.165) is 41.2 Å². The van der Waals surface area contributed by atoms with Gasteiger partial charge in [-0.25, -0.2) is 0 Å². The van der Waals surface area contributed by atoms with Crippen LogP contribution in [0.4, 0.5) is 5.69 Å². The SMILES string of the molecule is CC.CC.CC.Cc1cccc(CN(C(=O)[C@H]2C[C@@H]2c2ccccc2)c2ccc3c(c2)CCC3)n1.NSc1ccccc1. The third-order valence-corrected chi connectivity index (χ3v) is 7.68. The Bertz CT molecular complexity index is 1340. The van der Waals surface area contributed by atoms with Crippen LogP contribution in [0.3, 0.4) is 0 Å². The van der Waals surface area contributed by atoms with Crippen molar-refractivity contribution in [2.45, 2.75) is 91.5 Å². The number of pyridine rings is 1. The third-order valence-electron chi connectivity index (χ3n) is 7.14. The topological polar surface area (TPSA) is 59.2 Å². The van der Waals surface area contributed by atoms with Gasteiger partial charge in [0.05, 0.1) is 12.2 Å². The number of nitrogens with two attached hydrogens (primary N) is 1. The molecule has 0 spiro atoms. The van der Waals surface area contributed by atoms with E-state index in [1.54, 1.807) is 0 Å². The van der Waals surface area contributed by atoms with Gasteiger partial charge in [0.2, 0.25) is 5.91 Å². The number of amides is 1. The average Bonchev–Trinajstić information content (AvgIpc) is 3.76. The Hall–Kier alpha value is -3.41. The van der Waals surface area contributed by atoms with Gasteiger partial charge < -0.3 is 4.90 Å². The van der Waals surface area contributed by atoms with Gasteiger partial charge in [0.1, 0.15) is 0 Å². The Morgan fingerprint density at radius 3 is 2.05 bits per heavy atom. The van der Waals surface area contributed by atoms with E-state index >= 15 is 0 Å². The van der Waals surface area contributed by atoms with E-state index in [1.165, 1.54) is 35.1 Å². The first-order valence-electron chi connectivity index (χ1n) is 15.9. The van der Waals surface area contributed by atoms with Crippen molar-refractivity contribution in [2.24, 2.45) is 11.1 Å². The lowest BCUT2D eigenvalue weighted by molar-refractivity contribution is -0.120. The van der Waals surface area contributed by atoms with Gasteiger partial charge in [-0.3, -0.25) is 14.9 Å². The zero-order valence-corrected chi connectivity index (χ0v) is 28.0. The first kappa shape index (κ1) is 35.8. The second-order valence-electron chi connectivity index (χ2n) is 9.79. The largest absolute Gasteiger partial charge is 0.306 e. The number of anilines is 1. The molecule has 0 saturated heterocycles. The van der Waals surface area contributed by atoms with Gasteiger partial charge in [0, 0.05) is 22.2 Å². The van der Waals surface area contributed by atoms with Crippen molar-refractivity contribution in [1.82, 2.24) is 4.98 Å². The zero-order chi connectivity index (χ0) is 31.6. The quantitative estimate of drug-likeness (QED) is 0.225. The van der Waals surface area contributed by atoms with Crippen LogP contribution in [0.1, 0.15) is 88.4 Å². The molecular formula is C38H51N3OS. The van der Waals surface area contributed by atoms with Crippen LogP contribution in [0.15, 0.2) is 102 Å². The van der Waals surface area contributed by atoms with Crippen LogP contribution in [0.2, 0.25) is 0 Å². The lowest BCUT2D eigenvalue weighted by Crippen LogP contribution is -2.32. The van der Waals surface area contributed by atoms with Gasteiger partial charge in [0.15, 0.2) is 0 Å². The molecule has 230 valence electrons. The molecule has 6 rings (SSSR count). The van der Waals surface area contributed by atoms with Gasteiger partial charge in [-0.1, -0.05) is 102 Å². The number of aromatic nitrogens is 1. The monoisotopic (exact) mass is 597 g/mol. The summed E-state index contributed by atoms with van der Waals surface area (Å²) >= 11 is 1.27. The summed E-state index contributed by atoms with van der Waals surface area (Å²) < 4.78 is 0. The highest BCUT2D eigenvalue weighted by molar-refractivity contribution is 7.97. The first-order valence-corrected chi connectivity index (χ1v) is 16.8. The zero-order valence-electron chi connectivity index (χ0n) is 27.2. The smallest absolute Gasteiger partial charge is 0.231 e. The van der Waals surface area contributed by atoms with Crippen LogP contribution in [0, 0.1) is 12.8 Å². The highest BCUT2D eigenvalue weighted by Crippen LogP contribution is 2.49. The van der Waals surface area contributed by atoms with E-state index in [4.69, 9.17) is 5.14 Å². The summed E-state index contributed by atoms with van der Waals surface area (Å²) in [6.45, 7) is 14.5. The maximum absolute atomic E-state index is 13.6. The molecule has 1 amide bonds. The first-order chi connectivity index (χ1) is 21.1. The molecule has 0 unspecified atom stereocenters. The van der Waals surface area contributed by atoms with Crippen molar-refractivity contribution < 1.29 is 4.79 Å². The summed E-state index contributed by atoms with van der Waals surface area (Å²) in [4.78, 5) is 21.3. The number of nitrogens with zero attached hydrogens (tertiary/aromatic N) is 2. The van der Waals surface area contributed by atoms with Gasteiger partial charge >= 0.3 is 0 Å². The summed E-state index contributed by atoms with van der Waals surface area (Å²) in [6, 6.07) is 32.9. The molecule has 2 aliphatic rings. The van der Waals surface area contributed by atoms with Crippen molar-refractivity contribution in [3.05, 3.63) is 125 Å². The number of aryl methyl sites for hydroxylation is 3. The lowest BCUT2D eigenvalue weighted by Gasteiger charge is -2.24. The number of carbonyl (C=O) groups is 1. The summed E-state index contributed by atoms with van der Waals surface area (Å²) in [5, 5.41) is 5.27. The summed E-state index contributed by atoms with van der Waals surface area (Å²) in [5.41, 5.74) is 7.04. The molecule has 2 N–H and O–H groups in total. The number of hydrogen-bond acceptors (Lipinski definition) is 4. The molecule has 5 heteroatoms. The number of carbonyl (C=O) groups excluding carboxylic acids is 1. The summed E-state index contributed by atoms with van der Waals surface area (Å²) in [6.07, 6.45) is 4.42. The van der Waals surface area contributed by atoms with Crippen molar-refractivity contribution in [3.63, 3.8) is 0 Å². The second-order valence-corrected chi connectivity index (χ2v) is 10.5. The number of hydrogen-bond donors (Lipinski definition) is 1. The molecule has 1 aromatic heterocycles. The number of rotatable bonds is 6.